The van der Waals surface area contributed by atoms with Gasteiger partial charge in [-0.2, -0.15) is 0 Å². The molecule has 0 spiro atoms. The Hall–Kier alpha value is -1.10. The Morgan fingerprint density at radius 3 is 2.71 bits per heavy atom. The van der Waals surface area contributed by atoms with Crippen LogP contribution in [0, 0.1) is 5.92 Å². The first-order valence-corrected chi connectivity index (χ1v) is 6.30. The summed E-state index contributed by atoms with van der Waals surface area (Å²) in [5.74, 6) is 0.277. The van der Waals surface area contributed by atoms with Crippen molar-refractivity contribution in [3.05, 3.63) is 0 Å². The third-order valence-corrected chi connectivity index (χ3v) is 3.63. The number of likely N-dealkylation sites (tertiary alicyclic amines) is 1. The molecule has 0 bridgehead atoms. The lowest BCUT2D eigenvalue weighted by atomic mass is 9.96. The summed E-state index contributed by atoms with van der Waals surface area (Å²) in [5, 5.41) is 3.15. The lowest BCUT2D eigenvalue weighted by molar-refractivity contribution is -0.155. The summed E-state index contributed by atoms with van der Waals surface area (Å²) < 4.78 is 4.77. The van der Waals surface area contributed by atoms with Gasteiger partial charge in [0.2, 0.25) is 5.91 Å². The summed E-state index contributed by atoms with van der Waals surface area (Å²) >= 11 is 0. The standard InChI is InChI=1S/C12H20N2O3/c1-17-12(16)10-4-2-3-5-14(10)11(15)6-9-7-13-8-9/h9-10,13H,2-8H2,1H3. The first-order chi connectivity index (χ1) is 8.22. The van der Waals surface area contributed by atoms with Crippen molar-refractivity contribution >= 4 is 11.9 Å². The predicted molar refractivity (Wildman–Crippen MR) is 62.3 cm³/mol. The molecule has 0 aromatic rings. The fourth-order valence-corrected chi connectivity index (χ4v) is 2.47. The highest BCUT2D eigenvalue weighted by Gasteiger charge is 2.34. The zero-order chi connectivity index (χ0) is 12.3. The van der Waals surface area contributed by atoms with Crippen LogP contribution in [0.2, 0.25) is 0 Å². The molecule has 5 heteroatoms. The zero-order valence-electron chi connectivity index (χ0n) is 10.3. The second-order valence-corrected chi connectivity index (χ2v) is 4.85. The molecule has 0 saturated carbocycles. The highest BCUT2D eigenvalue weighted by Crippen LogP contribution is 2.21. The largest absolute Gasteiger partial charge is 0.467 e. The minimum absolute atomic E-state index is 0.103. The minimum Gasteiger partial charge on any atom is -0.467 e. The van der Waals surface area contributed by atoms with E-state index in [0.717, 1.165) is 32.4 Å². The molecule has 1 unspecified atom stereocenters. The number of carbonyl (C=O) groups excluding carboxylic acids is 2. The number of piperidine rings is 1. The quantitative estimate of drug-likeness (QED) is 0.713. The van der Waals surface area contributed by atoms with Crippen LogP contribution < -0.4 is 5.32 Å². The maximum absolute atomic E-state index is 12.1. The van der Waals surface area contributed by atoms with Crippen molar-refractivity contribution < 1.29 is 14.3 Å². The van der Waals surface area contributed by atoms with Gasteiger partial charge in [0.05, 0.1) is 7.11 Å². The third-order valence-electron chi connectivity index (χ3n) is 3.63. The van der Waals surface area contributed by atoms with Crippen LogP contribution in [0.1, 0.15) is 25.7 Å². The van der Waals surface area contributed by atoms with Crippen LogP contribution in [-0.2, 0) is 14.3 Å². The topological polar surface area (TPSA) is 58.6 Å². The van der Waals surface area contributed by atoms with Gasteiger partial charge in [0.25, 0.3) is 0 Å². The van der Waals surface area contributed by atoms with E-state index in [2.05, 4.69) is 5.32 Å². The summed E-state index contributed by atoms with van der Waals surface area (Å²) in [6.07, 6.45) is 3.28. The summed E-state index contributed by atoms with van der Waals surface area (Å²) in [4.78, 5) is 25.5. The molecule has 1 amide bonds. The minimum atomic E-state index is -0.353. The van der Waals surface area contributed by atoms with Crippen LogP contribution in [0.5, 0.6) is 0 Å². The average Bonchev–Trinajstić information content (AvgIpc) is 2.32. The normalized spacial score (nSPS) is 25.2. The van der Waals surface area contributed by atoms with Gasteiger partial charge in [0.1, 0.15) is 6.04 Å². The number of amides is 1. The number of hydrogen-bond acceptors (Lipinski definition) is 4. The van der Waals surface area contributed by atoms with Crippen LogP contribution in [0.4, 0.5) is 0 Å². The lowest BCUT2D eigenvalue weighted by Crippen LogP contribution is -2.51. The smallest absolute Gasteiger partial charge is 0.328 e. The third kappa shape index (κ3) is 2.77. The zero-order valence-corrected chi connectivity index (χ0v) is 10.3. The molecule has 17 heavy (non-hydrogen) atoms. The van der Waals surface area contributed by atoms with E-state index in [9.17, 15) is 9.59 Å². The van der Waals surface area contributed by atoms with E-state index < -0.39 is 0 Å². The van der Waals surface area contributed by atoms with E-state index >= 15 is 0 Å². The lowest BCUT2D eigenvalue weighted by Gasteiger charge is -2.36. The van der Waals surface area contributed by atoms with Gasteiger partial charge in [-0.1, -0.05) is 0 Å². The molecule has 5 nitrogen and oxygen atoms in total. The van der Waals surface area contributed by atoms with Gasteiger partial charge in [-0.25, -0.2) is 4.79 Å². The molecule has 2 aliphatic rings. The molecule has 1 atom stereocenters. The number of carbonyl (C=O) groups is 2. The highest BCUT2D eigenvalue weighted by atomic mass is 16.5. The summed E-state index contributed by atoms with van der Waals surface area (Å²) in [6, 6.07) is -0.353. The van der Waals surface area contributed by atoms with Crippen LogP contribution in [0.15, 0.2) is 0 Å². The molecule has 0 aliphatic carbocycles. The van der Waals surface area contributed by atoms with Crippen LogP contribution >= 0.6 is 0 Å². The van der Waals surface area contributed by atoms with Gasteiger partial charge in [0, 0.05) is 13.0 Å². The summed E-state index contributed by atoms with van der Waals surface area (Å²) in [7, 11) is 1.38. The molecule has 2 heterocycles. The average molecular weight is 240 g/mol. The Labute approximate surface area is 101 Å². The molecular weight excluding hydrogens is 220 g/mol. The Morgan fingerprint density at radius 2 is 2.12 bits per heavy atom. The Balaban J connectivity index is 1.94. The number of nitrogens with zero attached hydrogens (tertiary/aromatic N) is 1. The van der Waals surface area contributed by atoms with Crippen LogP contribution in [0.3, 0.4) is 0 Å². The molecule has 96 valence electrons. The first kappa shape index (κ1) is 12.4. The molecule has 0 aromatic heterocycles. The van der Waals surface area contributed by atoms with Gasteiger partial charge in [-0.05, 0) is 38.3 Å². The van der Waals surface area contributed by atoms with Crippen molar-refractivity contribution in [2.24, 2.45) is 5.92 Å². The van der Waals surface area contributed by atoms with E-state index in [-0.39, 0.29) is 17.9 Å². The fourth-order valence-electron chi connectivity index (χ4n) is 2.47. The van der Waals surface area contributed by atoms with Crippen molar-refractivity contribution in [3.8, 4) is 0 Å². The van der Waals surface area contributed by atoms with Gasteiger partial charge in [-0.3, -0.25) is 4.79 Å². The van der Waals surface area contributed by atoms with E-state index in [4.69, 9.17) is 4.74 Å². The SMILES string of the molecule is COC(=O)C1CCCCN1C(=O)CC1CNC1. The van der Waals surface area contributed by atoms with E-state index in [0.29, 0.717) is 18.9 Å². The maximum Gasteiger partial charge on any atom is 0.328 e. The van der Waals surface area contributed by atoms with Gasteiger partial charge < -0.3 is 15.0 Å². The second kappa shape index (κ2) is 5.49. The van der Waals surface area contributed by atoms with E-state index in [1.165, 1.54) is 7.11 Å². The molecular formula is C12H20N2O3. The van der Waals surface area contributed by atoms with Crippen molar-refractivity contribution in [2.75, 3.05) is 26.7 Å². The molecule has 0 radical (unpaired) electrons. The van der Waals surface area contributed by atoms with Crippen LogP contribution in [0.25, 0.3) is 0 Å². The van der Waals surface area contributed by atoms with Gasteiger partial charge in [0.15, 0.2) is 0 Å². The Bertz CT molecular complexity index is 302. The Morgan fingerprint density at radius 1 is 1.35 bits per heavy atom. The Kier molecular flexibility index (Phi) is 3.99. The van der Waals surface area contributed by atoms with Crippen LogP contribution in [-0.4, -0.2) is 49.6 Å². The van der Waals surface area contributed by atoms with Crippen molar-refractivity contribution in [3.63, 3.8) is 0 Å². The molecule has 1 N–H and O–H groups in total. The number of esters is 1. The summed E-state index contributed by atoms with van der Waals surface area (Å²) in [6.45, 7) is 2.53. The van der Waals surface area contributed by atoms with E-state index in [1.54, 1.807) is 4.90 Å². The number of ether oxygens (including phenoxy) is 1. The van der Waals surface area contributed by atoms with Crippen molar-refractivity contribution in [1.82, 2.24) is 10.2 Å². The first-order valence-electron chi connectivity index (χ1n) is 6.30. The van der Waals surface area contributed by atoms with Crippen molar-refractivity contribution in [1.29, 1.82) is 0 Å². The van der Waals surface area contributed by atoms with Gasteiger partial charge in [-0.15, -0.1) is 0 Å². The van der Waals surface area contributed by atoms with E-state index in [1.807, 2.05) is 0 Å². The number of hydrogen-bond donors (Lipinski definition) is 1. The second-order valence-electron chi connectivity index (χ2n) is 4.85. The van der Waals surface area contributed by atoms with Crippen molar-refractivity contribution in [2.45, 2.75) is 31.7 Å². The number of nitrogens with one attached hydrogen (secondary N) is 1. The molecule has 2 saturated heterocycles. The monoisotopic (exact) mass is 240 g/mol. The number of methoxy groups -OCH3 is 1. The van der Waals surface area contributed by atoms with Gasteiger partial charge >= 0.3 is 5.97 Å². The predicted octanol–water partition coefficient (Wildman–Crippen LogP) is 0.150. The summed E-state index contributed by atoms with van der Waals surface area (Å²) in [5.41, 5.74) is 0. The highest BCUT2D eigenvalue weighted by molar-refractivity contribution is 5.84. The molecule has 2 rings (SSSR count). The molecule has 2 aliphatic heterocycles. The fraction of sp³-hybridized carbons (Fsp3) is 0.833. The molecule has 2 fully saturated rings. The molecule has 0 aromatic carbocycles. The number of rotatable bonds is 3. The maximum atomic E-state index is 12.1.